The van der Waals surface area contributed by atoms with Crippen LogP contribution in [0.4, 0.5) is 0 Å². The molecule has 2 aliphatic heterocycles. The number of aliphatic hydroxyl groups is 4. The fraction of sp³-hybridized carbons (Fsp3) is 0.929. The predicted octanol–water partition coefficient (Wildman–Crippen LogP) is 1.53. The summed E-state index contributed by atoms with van der Waals surface area (Å²) in [6, 6.07) is 0. The first-order valence-electron chi connectivity index (χ1n) is 14.1. The van der Waals surface area contributed by atoms with Crippen molar-refractivity contribution in [2.45, 2.75) is 104 Å². The summed E-state index contributed by atoms with van der Waals surface area (Å²) in [5.41, 5.74) is 0. The van der Waals surface area contributed by atoms with E-state index in [1.54, 1.807) is 6.92 Å². The van der Waals surface area contributed by atoms with Gasteiger partial charge in [0, 0.05) is 11.8 Å². The van der Waals surface area contributed by atoms with Gasteiger partial charge in [0.15, 0.2) is 6.29 Å². The lowest BCUT2D eigenvalue weighted by atomic mass is 9.51. The van der Waals surface area contributed by atoms with Crippen molar-refractivity contribution in [3.05, 3.63) is 0 Å². The molecule has 0 amide bonds. The van der Waals surface area contributed by atoms with Gasteiger partial charge in [-0.2, -0.15) is 0 Å². The Morgan fingerprint density at radius 2 is 1.54 bits per heavy atom. The largest absolute Gasteiger partial charge is 0.459 e. The minimum absolute atomic E-state index is 0.0319. The number of hydrogen-bond donors (Lipinski definition) is 4. The number of carbonyl (C=O) groups excluding carboxylic acids is 2. The summed E-state index contributed by atoms with van der Waals surface area (Å²) in [4.78, 5) is 27.4. The van der Waals surface area contributed by atoms with Crippen LogP contribution in [0.25, 0.3) is 0 Å². The second-order valence-corrected chi connectivity index (χ2v) is 12.7. The molecule has 0 aromatic carbocycles. The van der Waals surface area contributed by atoms with E-state index in [1.807, 2.05) is 13.8 Å². The lowest BCUT2D eigenvalue weighted by Gasteiger charge is -2.53. The molecule has 9 nitrogen and oxygen atoms in total. The molecule has 2 saturated heterocycles. The first kappa shape index (κ1) is 28.9. The number of hydrogen-bond acceptors (Lipinski definition) is 9. The average molecular weight is 527 g/mol. The maximum atomic E-state index is 13.9. The summed E-state index contributed by atoms with van der Waals surface area (Å²) in [7, 11) is 0. The fourth-order valence-electron chi connectivity index (χ4n) is 8.28. The molecule has 2 heterocycles. The van der Waals surface area contributed by atoms with E-state index < -0.39 is 49.5 Å². The monoisotopic (exact) mass is 526 g/mol. The standard InChI is InChI=1S/C28H46O9/c1-11-7-12(2)20-17(8-11)22(30)15(5)19-13(3)9-14(4)26(37-27(34)21(19)20)16(6)35-28-25(33)24(32)23(31)18(10-29)36-28/h11-21,23-26,28-29,31-33H,7-10H2,1-6H3/t11-,12+,13+,14-,15+,16+,17-,18-,19-,20-,21-,23-,24+,25-,26-,28-/m1/s1. The number of cyclic esters (lactones) is 1. The van der Waals surface area contributed by atoms with E-state index in [1.165, 1.54) is 0 Å². The molecule has 9 heteroatoms. The second-order valence-electron chi connectivity index (χ2n) is 12.7. The Bertz CT molecular complexity index is 830. The maximum absolute atomic E-state index is 13.9. The molecule has 4 fully saturated rings. The van der Waals surface area contributed by atoms with Gasteiger partial charge in [0.2, 0.25) is 0 Å². The fourth-order valence-corrected chi connectivity index (χ4v) is 8.28. The van der Waals surface area contributed by atoms with E-state index in [9.17, 15) is 30.0 Å². The molecule has 0 spiro atoms. The Morgan fingerprint density at radius 1 is 0.892 bits per heavy atom. The topological polar surface area (TPSA) is 143 Å². The van der Waals surface area contributed by atoms with Gasteiger partial charge in [0.1, 0.15) is 36.3 Å². The Kier molecular flexibility index (Phi) is 8.73. The zero-order valence-electron chi connectivity index (χ0n) is 22.9. The molecule has 37 heavy (non-hydrogen) atoms. The van der Waals surface area contributed by atoms with Crippen LogP contribution in [0.1, 0.15) is 60.8 Å². The van der Waals surface area contributed by atoms with Crippen molar-refractivity contribution in [1.82, 2.24) is 0 Å². The molecule has 4 N–H and O–H groups in total. The normalized spacial score (nSPS) is 51.8. The minimum Gasteiger partial charge on any atom is -0.459 e. The number of ketones is 1. The quantitative estimate of drug-likeness (QED) is 0.401. The summed E-state index contributed by atoms with van der Waals surface area (Å²) >= 11 is 0. The summed E-state index contributed by atoms with van der Waals surface area (Å²) in [5, 5.41) is 40.2. The van der Waals surface area contributed by atoms with Crippen LogP contribution in [0, 0.1) is 53.3 Å². The zero-order valence-corrected chi connectivity index (χ0v) is 22.9. The molecule has 212 valence electrons. The average Bonchev–Trinajstić information content (AvgIpc) is 2.83. The Morgan fingerprint density at radius 3 is 2.19 bits per heavy atom. The van der Waals surface area contributed by atoms with Crippen LogP contribution < -0.4 is 0 Å². The van der Waals surface area contributed by atoms with Crippen molar-refractivity contribution in [2.24, 2.45) is 53.3 Å². The number of ether oxygens (including phenoxy) is 3. The summed E-state index contributed by atoms with van der Waals surface area (Å²) < 4.78 is 17.7. The highest BCUT2D eigenvalue weighted by Gasteiger charge is 2.57. The van der Waals surface area contributed by atoms with Crippen LogP contribution in [0.2, 0.25) is 0 Å². The molecule has 0 unspecified atom stereocenters. The number of Topliss-reactive ketones (excluding diaryl/α,β-unsaturated/α-hetero) is 1. The van der Waals surface area contributed by atoms with Crippen molar-refractivity contribution in [3.8, 4) is 0 Å². The highest BCUT2D eigenvalue weighted by Crippen LogP contribution is 2.54. The number of carbonyl (C=O) groups is 2. The van der Waals surface area contributed by atoms with Crippen LogP contribution in [0.5, 0.6) is 0 Å². The molecule has 0 aromatic heterocycles. The number of esters is 1. The lowest BCUT2D eigenvalue weighted by molar-refractivity contribution is -0.317. The third-order valence-electron chi connectivity index (χ3n) is 9.92. The van der Waals surface area contributed by atoms with Crippen molar-refractivity contribution >= 4 is 11.8 Å². The smallest absolute Gasteiger partial charge is 0.309 e. The Balaban J connectivity index is 1.57. The maximum Gasteiger partial charge on any atom is 0.309 e. The van der Waals surface area contributed by atoms with Gasteiger partial charge in [-0.15, -0.1) is 0 Å². The first-order chi connectivity index (χ1) is 17.4. The first-order valence-corrected chi connectivity index (χ1v) is 14.1. The number of fused-ring (bicyclic) bond motifs is 3. The highest BCUT2D eigenvalue weighted by atomic mass is 16.7. The van der Waals surface area contributed by atoms with E-state index in [4.69, 9.17) is 14.2 Å². The SMILES string of the molecule is C[C@@H]1C[C@H](C)[C@H]2[C@@H]3C(=O)O[C@@H]([C@H](C)O[C@@H]4O[C@H](CO)[C@@H](O)[C@H](O)[C@H]4O)[C@H](C)C[C@H](C)[C@@H]3[C@H](C)C(=O)[C@@H]2C1. The zero-order chi connectivity index (χ0) is 27.3. The van der Waals surface area contributed by atoms with Crippen molar-refractivity contribution < 1.29 is 44.2 Å². The van der Waals surface area contributed by atoms with Crippen LogP contribution in [-0.4, -0.2) is 81.7 Å². The molecular formula is C28H46O9. The van der Waals surface area contributed by atoms with Crippen LogP contribution >= 0.6 is 0 Å². The predicted molar refractivity (Wildman–Crippen MR) is 133 cm³/mol. The highest BCUT2D eigenvalue weighted by molar-refractivity contribution is 5.88. The molecular weight excluding hydrogens is 480 g/mol. The Labute approximate surface area is 219 Å². The third-order valence-corrected chi connectivity index (χ3v) is 9.92. The Hall–Kier alpha value is -1.10. The summed E-state index contributed by atoms with van der Waals surface area (Å²) in [6.45, 7) is 11.6. The number of rotatable bonds is 4. The van der Waals surface area contributed by atoms with E-state index in [0.717, 1.165) is 19.3 Å². The van der Waals surface area contributed by atoms with E-state index in [-0.39, 0.29) is 53.3 Å². The van der Waals surface area contributed by atoms with E-state index in [2.05, 4.69) is 20.8 Å². The van der Waals surface area contributed by atoms with Crippen molar-refractivity contribution in [1.29, 1.82) is 0 Å². The van der Waals surface area contributed by atoms with Crippen molar-refractivity contribution in [2.75, 3.05) is 6.61 Å². The van der Waals surface area contributed by atoms with Gasteiger partial charge >= 0.3 is 5.97 Å². The van der Waals surface area contributed by atoms with Gasteiger partial charge in [-0.3, -0.25) is 9.59 Å². The third kappa shape index (κ3) is 5.24. The lowest BCUT2D eigenvalue weighted by Crippen LogP contribution is -2.60. The van der Waals surface area contributed by atoms with Crippen molar-refractivity contribution in [3.63, 3.8) is 0 Å². The molecule has 0 bridgehead atoms. The molecule has 2 aliphatic carbocycles. The molecule has 2 saturated carbocycles. The van der Waals surface area contributed by atoms with Crippen LogP contribution in [0.15, 0.2) is 0 Å². The molecule has 16 atom stereocenters. The van der Waals surface area contributed by atoms with Gasteiger partial charge in [-0.25, -0.2) is 0 Å². The van der Waals surface area contributed by atoms with Gasteiger partial charge in [-0.1, -0.05) is 34.6 Å². The summed E-state index contributed by atoms with van der Waals surface area (Å²) in [5.74, 6) is -0.0269. The summed E-state index contributed by atoms with van der Waals surface area (Å²) in [6.07, 6.45) is -5.71. The van der Waals surface area contributed by atoms with E-state index in [0.29, 0.717) is 11.7 Å². The molecule has 4 rings (SSSR count). The van der Waals surface area contributed by atoms with E-state index >= 15 is 0 Å². The van der Waals surface area contributed by atoms with Crippen LogP contribution in [0.3, 0.4) is 0 Å². The molecule has 0 radical (unpaired) electrons. The molecule has 4 aliphatic rings. The van der Waals surface area contributed by atoms with Gasteiger partial charge < -0.3 is 34.6 Å². The second kappa shape index (κ2) is 11.2. The number of aliphatic hydroxyl groups excluding tert-OH is 4. The van der Waals surface area contributed by atoms with Gasteiger partial charge in [0.25, 0.3) is 0 Å². The minimum atomic E-state index is -1.55. The van der Waals surface area contributed by atoms with Gasteiger partial charge in [-0.05, 0) is 61.7 Å². The van der Waals surface area contributed by atoms with Gasteiger partial charge in [0.05, 0.1) is 18.6 Å². The van der Waals surface area contributed by atoms with Crippen LogP contribution in [-0.2, 0) is 23.8 Å². The molecule has 0 aromatic rings.